The third-order valence-corrected chi connectivity index (χ3v) is 7.33. The molecule has 1 amide bonds. The first kappa shape index (κ1) is 24.4. The average molecular weight is 495 g/mol. The Morgan fingerprint density at radius 1 is 1.25 bits per heavy atom. The molecule has 2 aliphatic rings. The molecule has 0 bridgehead atoms. The SMILES string of the molecule is COC1(c2ccc(NC(=O)C3CCc4cc(F)cc(-c5c(C)nn(C)c5C)c4O3)cn2)CCOCC1. The monoisotopic (exact) mass is 494 g/mol. The number of amides is 1. The Hall–Kier alpha value is -3.30. The Balaban J connectivity index is 1.35. The van der Waals surface area contributed by atoms with E-state index in [1.165, 1.54) is 12.1 Å². The molecule has 9 heteroatoms. The van der Waals surface area contributed by atoms with E-state index in [1.807, 2.05) is 33.0 Å². The molecule has 190 valence electrons. The number of nitrogens with zero attached hydrogens (tertiary/aromatic N) is 3. The lowest BCUT2D eigenvalue weighted by Crippen LogP contribution is -2.37. The minimum absolute atomic E-state index is 0.266. The highest BCUT2D eigenvalue weighted by Crippen LogP contribution is 2.41. The predicted octanol–water partition coefficient (Wildman–Crippen LogP) is 4.22. The van der Waals surface area contributed by atoms with Crippen molar-refractivity contribution in [2.75, 3.05) is 25.6 Å². The van der Waals surface area contributed by atoms with Gasteiger partial charge in [0.25, 0.3) is 5.91 Å². The number of aromatic nitrogens is 3. The van der Waals surface area contributed by atoms with E-state index in [4.69, 9.17) is 14.2 Å². The zero-order valence-corrected chi connectivity index (χ0v) is 21.1. The number of hydrogen-bond acceptors (Lipinski definition) is 6. The Morgan fingerprint density at radius 2 is 2.03 bits per heavy atom. The van der Waals surface area contributed by atoms with Crippen molar-refractivity contribution >= 4 is 11.6 Å². The summed E-state index contributed by atoms with van der Waals surface area (Å²) in [6.45, 7) is 5.07. The number of carbonyl (C=O) groups excluding carboxylic acids is 1. The number of carbonyl (C=O) groups is 1. The lowest BCUT2D eigenvalue weighted by atomic mass is 9.90. The van der Waals surface area contributed by atoms with E-state index in [0.29, 0.717) is 43.1 Å². The minimum Gasteiger partial charge on any atom is -0.480 e. The standard InChI is InChI=1S/C27H31FN4O4/c1-16-24(17(2)32(3)31-16)21-14-19(28)13-18-5-7-22(36-25(18)21)26(33)30-20-6-8-23(29-15-20)27(34-4)9-11-35-12-10-27/h6,8,13-15,22H,5,7,9-12H2,1-4H3,(H,30,33). The van der Waals surface area contributed by atoms with Crippen molar-refractivity contribution in [1.29, 1.82) is 0 Å². The van der Waals surface area contributed by atoms with Crippen molar-refractivity contribution in [2.24, 2.45) is 7.05 Å². The minimum atomic E-state index is -0.709. The quantitative estimate of drug-likeness (QED) is 0.572. The maximum atomic E-state index is 14.5. The van der Waals surface area contributed by atoms with Gasteiger partial charge < -0.3 is 19.5 Å². The molecular formula is C27H31FN4O4. The fourth-order valence-electron chi connectivity index (χ4n) is 5.22. The highest BCUT2D eigenvalue weighted by Gasteiger charge is 2.36. The highest BCUT2D eigenvalue weighted by atomic mass is 19.1. The largest absolute Gasteiger partial charge is 0.480 e. The zero-order chi connectivity index (χ0) is 25.4. The van der Waals surface area contributed by atoms with E-state index in [-0.39, 0.29) is 11.7 Å². The van der Waals surface area contributed by atoms with E-state index < -0.39 is 11.7 Å². The topological polar surface area (TPSA) is 87.5 Å². The van der Waals surface area contributed by atoms with E-state index in [0.717, 1.165) is 41.1 Å². The Labute approximate surface area is 209 Å². The van der Waals surface area contributed by atoms with Gasteiger partial charge in [-0.15, -0.1) is 0 Å². The fourth-order valence-corrected chi connectivity index (χ4v) is 5.22. The van der Waals surface area contributed by atoms with Gasteiger partial charge in [-0.05, 0) is 56.5 Å². The van der Waals surface area contributed by atoms with E-state index in [9.17, 15) is 9.18 Å². The zero-order valence-electron chi connectivity index (χ0n) is 21.1. The number of aryl methyl sites for hydroxylation is 3. The molecule has 8 nitrogen and oxygen atoms in total. The number of rotatable bonds is 5. The van der Waals surface area contributed by atoms with E-state index >= 15 is 0 Å². The first-order valence-corrected chi connectivity index (χ1v) is 12.2. The second kappa shape index (κ2) is 9.63. The summed E-state index contributed by atoms with van der Waals surface area (Å²) in [5.41, 5.74) is 4.82. The number of benzene rings is 1. The van der Waals surface area contributed by atoms with Crippen LogP contribution in [0.3, 0.4) is 0 Å². The van der Waals surface area contributed by atoms with Gasteiger partial charge in [0.05, 0.1) is 23.3 Å². The van der Waals surface area contributed by atoms with Crippen LogP contribution in [0.1, 0.15) is 41.9 Å². The fraction of sp³-hybridized carbons (Fsp3) is 0.444. The summed E-state index contributed by atoms with van der Waals surface area (Å²) < 4.78 is 33.7. The summed E-state index contributed by atoms with van der Waals surface area (Å²) in [5.74, 6) is -0.0583. The summed E-state index contributed by atoms with van der Waals surface area (Å²) in [6.07, 6.45) is 3.38. The van der Waals surface area contributed by atoms with E-state index in [2.05, 4.69) is 15.4 Å². The molecule has 4 heterocycles. The molecule has 5 rings (SSSR count). The number of ether oxygens (including phenoxy) is 3. The van der Waals surface area contributed by atoms with Crippen molar-refractivity contribution in [1.82, 2.24) is 14.8 Å². The summed E-state index contributed by atoms with van der Waals surface area (Å²) >= 11 is 0. The van der Waals surface area contributed by atoms with Gasteiger partial charge in [0.2, 0.25) is 0 Å². The first-order chi connectivity index (χ1) is 17.3. The van der Waals surface area contributed by atoms with Crippen LogP contribution in [0.5, 0.6) is 5.75 Å². The summed E-state index contributed by atoms with van der Waals surface area (Å²) in [7, 11) is 3.54. The molecule has 1 fully saturated rings. The van der Waals surface area contributed by atoms with Gasteiger partial charge in [-0.1, -0.05) is 0 Å². The summed E-state index contributed by atoms with van der Waals surface area (Å²) in [6, 6.07) is 6.66. The van der Waals surface area contributed by atoms with Crippen molar-refractivity contribution in [3.63, 3.8) is 0 Å². The number of fused-ring (bicyclic) bond motifs is 1. The number of anilines is 1. The lowest BCUT2D eigenvalue weighted by Gasteiger charge is -2.35. The number of methoxy groups -OCH3 is 1. The van der Waals surface area contributed by atoms with Crippen molar-refractivity contribution < 1.29 is 23.4 Å². The van der Waals surface area contributed by atoms with Gasteiger partial charge in [0, 0.05) is 57.0 Å². The van der Waals surface area contributed by atoms with Crippen molar-refractivity contribution in [3.05, 3.63) is 58.9 Å². The molecule has 1 atom stereocenters. The Morgan fingerprint density at radius 3 is 2.67 bits per heavy atom. The van der Waals surface area contributed by atoms with Crippen LogP contribution in [0.4, 0.5) is 10.1 Å². The Kier molecular flexibility index (Phi) is 6.53. The maximum absolute atomic E-state index is 14.5. The van der Waals surface area contributed by atoms with Crippen LogP contribution in [0.2, 0.25) is 0 Å². The number of nitrogens with one attached hydrogen (secondary N) is 1. The van der Waals surface area contributed by atoms with Crippen LogP contribution in [0.25, 0.3) is 11.1 Å². The third kappa shape index (κ3) is 4.37. The molecular weight excluding hydrogens is 463 g/mol. The van der Waals surface area contributed by atoms with Crippen LogP contribution < -0.4 is 10.1 Å². The average Bonchev–Trinajstić information content (AvgIpc) is 3.14. The molecule has 0 saturated carbocycles. The van der Waals surface area contributed by atoms with Crippen LogP contribution in [0, 0.1) is 19.7 Å². The van der Waals surface area contributed by atoms with Gasteiger partial charge in [-0.25, -0.2) is 4.39 Å². The van der Waals surface area contributed by atoms with Crippen LogP contribution in [-0.2, 0) is 33.3 Å². The second-order valence-corrected chi connectivity index (χ2v) is 9.49. The molecule has 1 unspecified atom stereocenters. The molecule has 0 spiro atoms. The van der Waals surface area contributed by atoms with Gasteiger partial charge in [0.15, 0.2) is 6.10 Å². The van der Waals surface area contributed by atoms with E-state index in [1.54, 1.807) is 18.0 Å². The summed E-state index contributed by atoms with van der Waals surface area (Å²) in [5, 5.41) is 7.38. The molecule has 1 saturated heterocycles. The van der Waals surface area contributed by atoms with Gasteiger partial charge >= 0.3 is 0 Å². The molecule has 2 aromatic heterocycles. The Bertz CT molecular complexity index is 1280. The number of halogens is 1. The first-order valence-electron chi connectivity index (χ1n) is 12.2. The molecule has 0 aliphatic carbocycles. The molecule has 0 radical (unpaired) electrons. The molecule has 1 aromatic carbocycles. The lowest BCUT2D eigenvalue weighted by molar-refractivity contribution is -0.123. The number of hydrogen-bond donors (Lipinski definition) is 1. The van der Waals surface area contributed by atoms with Crippen LogP contribution in [0.15, 0.2) is 30.5 Å². The van der Waals surface area contributed by atoms with Gasteiger partial charge in [-0.2, -0.15) is 5.10 Å². The van der Waals surface area contributed by atoms with Crippen LogP contribution in [-0.4, -0.2) is 47.1 Å². The van der Waals surface area contributed by atoms with Gasteiger partial charge in [-0.3, -0.25) is 14.5 Å². The van der Waals surface area contributed by atoms with Crippen LogP contribution >= 0.6 is 0 Å². The normalized spacial score (nSPS) is 18.9. The predicted molar refractivity (Wildman–Crippen MR) is 132 cm³/mol. The van der Waals surface area contributed by atoms with Crippen molar-refractivity contribution in [3.8, 4) is 16.9 Å². The second-order valence-electron chi connectivity index (χ2n) is 9.49. The smallest absolute Gasteiger partial charge is 0.265 e. The number of pyridine rings is 1. The highest BCUT2D eigenvalue weighted by molar-refractivity contribution is 5.94. The molecule has 3 aromatic rings. The molecule has 2 aliphatic heterocycles. The van der Waals surface area contributed by atoms with Gasteiger partial charge in [0.1, 0.15) is 17.2 Å². The maximum Gasteiger partial charge on any atom is 0.265 e. The molecule has 1 N–H and O–H groups in total. The molecule has 36 heavy (non-hydrogen) atoms. The summed E-state index contributed by atoms with van der Waals surface area (Å²) in [4.78, 5) is 17.7. The third-order valence-electron chi connectivity index (χ3n) is 7.33. The van der Waals surface area contributed by atoms with Crippen molar-refractivity contribution in [2.45, 2.75) is 51.2 Å².